The minimum atomic E-state index is 0.320. The molecule has 0 amide bonds. The van der Waals surface area contributed by atoms with Crippen LogP contribution in [0.5, 0.6) is 0 Å². The van der Waals surface area contributed by atoms with Gasteiger partial charge in [-0.3, -0.25) is 4.79 Å². The standard InChI is InChI=1S/C14H21NOS/c1-2-12-6-7-14(17-12)13(16)8-11-15-9-4-3-5-10-15/h6-7H,2-5,8-11H2,1H3. The first-order valence-corrected chi connectivity index (χ1v) is 7.45. The van der Waals surface area contributed by atoms with Crippen LogP contribution in [0.2, 0.25) is 0 Å². The van der Waals surface area contributed by atoms with Gasteiger partial charge in [-0.2, -0.15) is 0 Å². The summed E-state index contributed by atoms with van der Waals surface area (Å²) in [4.78, 5) is 16.7. The van der Waals surface area contributed by atoms with Crippen LogP contribution < -0.4 is 0 Å². The Hall–Kier alpha value is -0.670. The minimum Gasteiger partial charge on any atom is -0.303 e. The fraction of sp³-hybridized carbons (Fsp3) is 0.643. The number of nitrogens with zero attached hydrogens (tertiary/aromatic N) is 1. The van der Waals surface area contributed by atoms with Crippen LogP contribution in [-0.2, 0) is 6.42 Å². The number of hydrogen-bond donors (Lipinski definition) is 0. The zero-order chi connectivity index (χ0) is 12.1. The van der Waals surface area contributed by atoms with E-state index in [0.717, 1.165) is 17.8 Å². The predicted molar refractivity (Wildman–Crippen MR) is 72.9 cm³/mol. The van der Waals surface area contributed by atoms with E-state index in [4.69, 9.17) is 0 Å². The maximum atomic E-state index is 12.0. The van der Waals surface area contributed by atoms with Crippen LogP contribution in [-0.4, -0.2) is 30.3 Å². The number of piperidine rings is 1. The summed E-state index contributed by atoms with van der Waals surface area (Å²) in [6, 6.07) is 4.07. The van der Waals surface area contributed by atoms with Gasteiger partial charge >= 0.3 is 0 Å². The second kappa shape index (κ2) is 6.31. The first-order valence-electron chi connectivity index (χ1n) is 6.64. The Morgan fingerprint density at radius 1 is 1.29 bits per heavy atom. The normalized spacial score (nSPS) is 17.2. The van der Waals surface area contributed by atoms with E-state index in [1.165, 1.54) is 37.2 Å². The van der Waals surface area contributed by atoms with Crippen molar-refractivity contribution in [1.82, 2.24) is 4.90 Å². The fourth-order valence-corrected chi connectivity index (χ4v) is 3.20. The Bertz CT molecular complexity index is 366. The molecule has 1 aliphatic rings. The molecule has 1 fully saturated rings. The van der Waals surface area contributed by atoms with Crippen molar-refractivity contribution in [2.24, 2.45) is 0 Å². The molecule has 1 aromatic rings. The lowest BCUT2D eigenvalue weighted by atomic mass is 10.1. The summed E-state index contributed by atoms with van der Waals surface area (Å²) in [5.74, 6) is 0.320. The lowest BCUT2D eigenvalue weighted by molar-refractivity contribution is 0.0962. The van der Waals surface area contributed by atoms with E-state index in [2.05, 4.69) is 17.9 Å². The number of aryl methyl sites for hydroxylation is 1. The van der Waals surface area contributed by atoms with Gasteiger partial charge in [0.05, 0.1) is 4.88 Å². The van der Waals surface area contributed by atoms with Gasteiger partial charge in [0, 0.05) is 17.8 Å². The molecule has 0 aromatic carbocycles. The topological polar surface area (TPSA) is 20.3 Å². The van der Waals surface area contributed by atoms with Crippen molar-refractivity contribution in [3.05, 3.63) is 21.9 Å². The number of hydrogen-bond acceptors (Lipinski definition) is 3. The highest BCUT2D eigenvalue weighted by atomic mass is 32.1. The van der Waals surface area contributed by atoms with Crippen LogP contribution in [0.3, 0.4) is 0 Å². The molecule has 0 spiro atoms. The lowest BCUT2D eigenvalue weighted by Gasteiger charge is -2.25. The summed E-state index contributed by atoms with van der Waals surface area (Å²) in [6.07, 6.45) is 5.67. The molecule has 2 rings (SSSR count). The van der Waals surface area contributed by atoms with E-state index in [0.29, 0.717) is 12.2 Å². The lowest BCUT2D eigenvalue weighted by Crippen LogP contribution is -2.31. The zero-order valence-electron chi connectivity index (χ0n) is 10.6. The van der Waals surface area contributed by atoms with Crippen LogP contribution in [0.25, 0.3) is 0 Å². The Morgan fingerprint density at radius 3 is 2.71 bits per heavy atom. The molecule has 0 atom stereocenters. The van der Waals surface area contributed by atoms with Crippen molar-refractivity contribution in [1.29, 1.82) is 0 Å². The number of carbonyl (C=O) groups excluding carboxylic acids is 1. The van der Waals surface area contributed by atoms with Crippen molar-refractivity contribution in [3.8, 4) is 0 Å². The van der Waals surface area contributed by atoms with Gasteiger partial charge in [0.1, 0.15) is 0 Å². The Kier molecular flexibility index (Phi) is 4.75. The van der Waals surface area contributed by atoms with E-state index >= 15 is 0 Å². The minimum absolute atomic E-state index is 0.320. The largest absolute Gasteiger partial charge is 0.303 e. The van der Waals surface area contributed by atoms with Crippen LogP contribution in [0.4, 0.5) is 0 Å². The van der Waals surface area contributed by atoms with Gasteiger partial charge in [-0.15, -0.1) is 11.3 Å². The summed E-state index contributed by atoms with van der Waals surface area (Å²) in [6.45, 7) is 5.43. The second-order valence-electron chi connectivity index (χ2n) is 4.69. The molecule has 0 radical (unpaired) electrons. The predicted octanol–water partition coefficient (Wildman–Crippen LogP) is 3.37. The molecule has 3 heteroatoms. The van der Waals surface area contributed by atoms with Crippen molar-refractivity contribution in [2.45, 2.75) is 39.0 Å². The van der Waals surface area contributed by atoms with E-state index in [-0.39, 0.29) is 0 Å². The Balaban J connectivity index is 1.80. The highest BCUT2D eigenvalue weighted by molar-refractivity contribution is 7.14. The molecule has 94 valence electrons. The van der Waals surface area contributed by atoms with E-state index in [1.54, 1.807) is 11.3 Å². The molecule has 0 unspecified atom stereocenters. The van der Waals surface area contributed by atoms with E-state index in [1.807, 2.05) is 6.07 Å². The number of likely N-dealkylation sites (tertiary alicyclic amines) is 1. The maximum Gasteiger partial charge on any atom is 0.174 e. The smallest absolute Gasteiger partial charge is 0.174 e. The van der Waals surface area contributed by atoms with Crippen molar-refractivity contribution in [2.75, 3.05) is 19.6 Å². The molecule has 0 N–H and O–H groups in total. The summed E-state index contributed by atoms with van der Waals surface area (Å²) in [7, 11) is 0. The van der Waals surface area contributed by atoms with Crippen molar-refractivity contribution in [3.63, 3.8) is 0 Å². The third kappa shape index (κ3) is 3.65. The molecule has 1 aromatic heterocycles. The SMILES string of the molecule is CCc1ccc(C(=O)CCN2CCCCC2)s1. The molecular weight excluding hydrogens is 230 g/mol. The molecule has 1 saturated heterocycles. The summed E-state index contributed by atoms with van der Waals surface area (Å²) < 4.78 is 0. The van der Waals surface area contributed by atoms with Crippen LogP contribution in [0, 0.1) is 0 Å². The monoisotopic (exact) mass is 251 g/mol. The van der Waals surface area contributed by atoms with Gasteiger partial charge in [-0.1, -0.05) is 13.3 Å². The molecule has 2 nitrogen and oxygen atoms in total. The number of carbonyl (C=O) groups is 1. The molecule has 2 heterocycles. The first kappa shape index (κ1) is 12.8. The highest BCUT2D eigenvalue weighted by Gasteiger charge is 2.13. The average molecular weight is 251 g/mol. The maximum absolute atomic E-state index is 12.0. The van der Waals surface area contributed by atoms with E-state index < -0.39 is 0 Å². The molecule has 0 saturated carbocycles. The molecule has 1 aliphatic heterocycles. The van der Waals surface area contributed by atoms with Gasteiger partial charge < -0.3 is 4.90 Å². The van der Waals surface area contributed by atoms with Gasteiger partial charge in [0.2, 0.25) is 0 Å². The zero-order valence-corrected chi connectivity index (χ0v) is 11.4. The highest BCUT2D eigenvalue weighted by Crippen LogP contribution is 2.19. The van der Waals surface area contributed by atoms with Crippen molar-refractivity contribution >= 4 is 17.1 Å². The van der Waals surface area contributed by atoms with Gasteiger partial charge in [-0.25, -0.2) is 0 Å². The third-order valence-corrected chi connectivity index (χ3v) is 4.66. The molecule has 17 heavy (non-hydrogen) atoms. The van der Waals surface area contributed by atoms with Crippen LogP contribution >= 0.6 is 11.3 Å². The van der Waals surface area contributed by atoms with Crippen molar-refractivity contribution < 1.29 is 4.79 Å². The first-order chi connectivity index (χ1) is 8.29. The Labute approximate surface area is 108 Å². The number of ketones is 1. The number of Topliss-reactive ketones (excluding diaryl/α,β-unsaturated/α-hetero) is 1. The van der Waals surface area contributed by atoms with Gasteiger partial charge in [0.15, 0.2) is 5.78 Å². The third-order valence-electron chi connectivity index (χ3n) is 3.39. The number of rotatable bonds is 5. The van der Waals surface area contributed by atoms with Crippen LogP contribution in [0.1, 0.15) is 47.2 Å². The Morgan fingerprint density at radius 2 is 2.06 bits per heavy atom. The summed E-state index contributed by atoms with van der Waals surface area (Å²) in [5.41, 5.74) is 0. The number of thiophene rings is 1. The quantitative estimate of drug-likeness (QED) is 0.748. The van der Waals surface area contributed by atoms with Gasteiger partial charge in [0.25, 0.3) is 0 Å². The molecule has 0 bridgehead atoms. The van der Waals surface area contributed by atoms with E-state index in [9.17, 15) is 4.79 Å². The summed E-state index contributed by atoms with van der Waals surface area (Å²) >= 11 is 1.66. The van der Waals surface area contributed by atoms with Gasteiger partial charge in [-0.05, 0) is 44.5 Å². The average Bonchev–Trinajstić information content (AvgIpc) is 2.86. The molecular formula is C14H21NOS. The molecule has 0 aliphatic carbocycles. The fourth-order valence-electron chi connectivity index (χ4n) is 2.28. The van der Waals surface area contributed by atoms with Crippen LogP contribution in [0.15, 0.2) is 12.1 Å². The second-order valence-corrected chi connectivity index (χ2v) is 5.86. The summed E-state index contributed by atoms with van der Waals surface area (Å²) in [5, 5.41) is 0.